The van der Waals surface area contributed by atoms with E-state index in [1.807, 2.05) is 30.5 Å². The van der Waals surface area contributed by atoms with Crippen molar-refractivity contribution in [3.8, 4) is 45.1 Å². The molecule has 0 fully saturated rings. The summed E-state index contributed by atoms with van der Waals surface area (Å²) >= 11 is 0. The maximum atomic E-state index is 11.1. The molecule has 0 radical (unpaired) electrons. The smallest absolute Gasteiger partial charge is 0.148 e. The fraction of sp³-hybridized carbons (Fsp3) is 0.190. The molecule has 0 saturated heterocycles. The first-order chi connectivity index (χ1) is 22.0. The largest absolute Gasteiger partial charge is 0.507 e. The minimum Gasteiger partial charge on any atom is -0.507 e. The minimum absolute atomic E-state index is 0. The van der Waals surface area contributed by atoms with Gasteiger partial charge in [0.25, 0.3) is 0 Å². The van der Waals surface area contributed by atoms with E-state index < -0.39 is 0 Å². The summed E-state index contributed by atoms with van der Waals surface area (Å²) in [6.07, 6.45) is 1.85. The molecule has 2 aromatic heterocycles. The van der Waals surface area contributed by atoms with Gasteiger partial charge in [0.05, 0.1) is 22.3 Å². The van der Waals surface area contributed by atoms with Crippen LogP contribution in [0.3, 0.4) is 0 Å². The van der Waals surface area contributed by atoms with E-state index >= 15 is 0 Å². The second kappa shape index (κ2) is 12.2. The molecular formula is C42H38N3OPt-. The number of rotatable bonds is 4. The number of benzene rings is 5. The molecule has 7 aromatic rings. The van der Waals surface area contributed by atoms with Gasteiger partial charge >= 0.3 is 0 Å². The van der Waals surface area contributed by atoms with Crippen LogP contribution in [0.2, 0.25) is 0 Å². The first-order valence-electron chi connectivity index (χ1n) is 15.8. The van der Waals surface area contributed by atoms with Crippen LogP contribution in [0.1, 0.15) is 48.6 Å². The van der Waals surface area contributed by atoms with Crippen molar-refractivity contribution in [2.24, 2.45) is 0 Å². The Morgan fingerprint density at radius 1 is 0.702 bits per heavy atom. The van der Waals surface area contributed by atoms with Gasteiger partial charge in [-0.2, -0.15) is 0 Å². The summed E-state index contributed by atoms with van der Waals surface area (Å²) in [7, 11) is 0. The quantitative estimate of drug-likeness (QED) is 0.181. The van der Waals surface area contributed by atoms with Crippen LogP contribution in [-0.2, 0) is 26.5 Å². The van der Waals surface area contributed by atoms with Gasteiger partial charge in [0.15, 0.2) is 0 Å². The average molecular weight is 796 g/mol. The third-order valence-corrected chi connectivity index (χ3v) is 8.96. The standard InChI is InChI=1S/C42H38N3O.Pt/c1-25-22-27(3)39(28(4)23-25)45-40-26(2)17-19-32(38(40)44-41(45)33-14-8-9-16-36(33)46)34-24-30(18-20-35(34)42(5,6)7)31-15-10-12-29-13-11-21-43-37(29)31;/h8-23,46H,1-7H3;/q-1;. The Kier molecular flexibility index (Phi) is 8.44. The molecular weight excluding hydrogens is 758 g/mol. The van der Waals surface area contributed by atoms with Crippen LogP contribution in [0.5, 0.6) is 5.75 Å². The molecule has 1 N–H and O–H groups in total. The molecule has 2 heterocycles. The van der Waals surface area contributed by atoms with Crippen molar-refractivity contribution in [3.63, 3.8) is 0 Å². The Bertz CT molecular complexity index is 2280. The van der Waals surface area contributed by atoms with Crippen molar-refractivity contribution in [1.82, 2.24) is 14.5 Å². The van der Waals surface area contributed by atoms with E-state index in [1.54, 1.807) is 6.07 Å². The summed E-state index contributed by atoms with van der Waals surface area (Å²) in [5.74, 6) is 0.915. The van der Waals surface area contributed by atoms with Crippen LogP contribution in [0, 0.1) is 33.8 Å². The monoisotopic (exact) mass is 795 g/mol. The van der Waals surface area contributed by atoms with Crippen LogP contribution >= 0.6 is 0 Å². The molecule has 0 bridgehead atoms. The number of imidazole rings is 1. The molecule has 0 amide bonds. The van der Waals surface area contributed by atoms with Gasteiger partial charge in [0, 0.05) is 32.8 Å². The van der Waals surface area contributed by atoms with Crippen molar-refractivity contribution in [1.29, 1.82) is 0 Å². The zero-order valence-corrected chi connectivity index (χ0v) is 30.1. The summed E-state index contributed by atoms with van der Waals surface area (Å²) in [5, 5.41) is 12.2. The molecule has 0 aliphatic rings. The maximum absolute atomic E-state index is 11.1. The van der Waals surface area contributed by atoms with Gasteiger partial charge in [-0.1, -0.05) is 98.1 Å². The number of nitrogens with zero attached hydrogens (tertiary/aromatic N) is 3. The normalized spacial score (nSPS) is 11.6. The van der Waals surface area contributed by atoms with Crippen molar-refractivity contribution in [2.45, 2.75) is 53.9 Å². The SMILES string of the molecule is Cc1cc(C)c(-n2c(-c3ccccc3O)nc3c(-c4[c-]c(-c5cccc6cccnc56)ccc4C(C)(C)C)ccc(C)c32)c(C)c1.[Pt]. The second-order valence-corrected chi connectivity index (χ2v) is 13.5. The van der Waals surface area contributed by atoms with Crippen molar-refractivity contribution >= 4 is 21.9 Å². The van der Waals surface area contributed by atoms with Crippen LogP contribution in [0.4, 0.5) is 0 Å². The number of phenols is 1. The molecule has 5 aromatic carbocycles. The van der Waals surface area contributed by atoms with Crippen LogP contribution < -0.4 is 0 Å². The molecule has 7 rings (SSSR count). The molecule has 0 aliphatic heterocycles. The first-order valence-corrected chi connectivity index (χ1v) is 15.8. The fourth-order valence-corrected chi connectivity index (χ4v) is 6.94. The summed E-state index contributed by atoms with van der Waals surface area (Å²) in [6.45, 7) is 15.3. The summed E-state index contributed by atoms with van der Waals surface area (Å²) < 4.78 is 2.25. The Balaban J connectivity index is 0.00000386. The Morgan fingerprint density at radius 3 is 2.13 bits per heavy atom. The summed E-state index contributed by atoms with van der Waals surface area (Å²) in [5.41, 5.74) is 14.4. The zero-order chi connectivity index (χ0) is 32.3. The predicted molar refractivity (Wildman–Crippen MR) is 191 cm³/mol. The predicted octanol–water partition coefficient (Wildman–Crippen LogP) is 10.6. The maximum Gasteiger partial charge on any atom is 0.148 e. The van der Waals surface area contributed by atoms with Gasteiger partial charge in [0.2, 0.25) is 0 Å². The first kappa shape index (κ1) is 32.4. The number of aromatic hydroxyl groups is 1. The molecule has 0 saturated carbocycles. The Morgan fingerprint density at radius 2 is 1.40 bits per heavy atom. The molecule has 238 valence electrons. The number of hydrogen-bond acceptors (Lipinski definition) is 3. The van der Waals surface area contributed by atoms with E-state index in [9.17, 15) is 5.11 Å². The third-order valence-electron chi connectivity index (χ3n) is 8.96. The Hall–Kier alpha value is -4.53. The van der Waals surface area contributed by atoms with Gasteiger partial charge in [-0.3, -0.25) is 9.55 Å². The van der Waals surface area contributed by atoms with E-state index in [-0.39, 0.29) is 32.2 Å². The van der Waals surface area contributed by atoms with Crippen LogP contribution in [0.15, 0.2) is 97.2 Å². The molecule has 0 aliphatic carbocycles. The zero-order valence-electron chi connectivity index (χ0n) is 27.8. The van der Waals surface area contributed by atoms with Crippen LogP contribution in [-0.4, -0.2) is 19.6 Å². The van der Waals surface area contributed by atoms with E-state index in [2.05, 4.69) is 120 Å². The average Bonchev–Trinajstić information content (AvgIpc) is 3.40. The Labute approximate surface area is 291 Å². The molecule has 0 unspecified atom stereocenters. The number of fused-ring (bicyclic) bond motifs is 2. The van der Waals surface area contributed by atoms with Crippen molar-refractivity contribution in [2.75, 3.05) is 0 Å². The summed E-state index contributed by atoms with van der Waals surface area (Å²) in [6, 6.07) is 35.0. The van der Waals surface area contributed by atoms with Crippen molar-refractivity contribution < 1.29 is 26.2 Å². The molecule has 47 heavy (non-hydrogen) atoms. The number of hydrogen-bond donors (Lipinski definition) is 1. The van der Waals surface area contributed by atoms with Gasteiger partial charge in [-0.25, -0.2) is 4.98 Å². The van der Waals surface area contributed by atoms with E-state index in [1.165, 1.54) is 11.1 Å². The topological polar surface area (TPSA) is 50.9 Å². The number of phenolic OH excluding ortho intramolecular Hbond substituents is 1. The second-order valence-electron chi connectivity index (χ2n) is 13.5. The van der Waals surface area contributed by atoms with Gasteiger partial charge in [-0.15, -0.1) is 34.9 Å². The molecule has 5 heteroatoms. The number of pyridine rings is 1. The van der Waals surface area contributed by atoms with Crippen molar-refractivity contribution in [3.05, 3.63) is 131 Å². The van der Waals surface area contributed by atoms with Gasteiger partial charge in [0.1, 0.15) is 11.6 Å². The fourth-order valence-electron chi connectivity index (χ4n) is 6.94. The van der Waals surface area contributed by atoms with E-state index in [0.717, 1.165) is 66.6 Å². The third kappa shape index (κ3) is 5.59. The van der Waals surface area contributed by atoms with Crippen LogP contribution in [0.25, 0.3) is 61.3 Å². The molecule has 4 nitrogen and oxygen atoms in total. The molecule has 0 atom stereocenters. The number of aromatic nitrogens is 3. The number of aryl methyl sites for hydroxylation is 4. The van der Waals surface area contributed by atoms with E-state index in [4.69, 9.17) is 9.97 Å². The van der Waals surface area contributed by atoms with E-state index in [0.29, 0.717) is 11.4 Å². The van der Waals surface area contributed by atoms with Gasteiger partial charge < -0.3 is 5.11 Å². The number of para-hydroxylation sites is 2. The minimum atomic E-state index is -0.147. The summed E-state index contributed by atoms with van der Waals surface area (Å²) in [4.78, 5) is 10.2. The molecule has 0 spiro atoms. The van der Waals surface area contributed by atoms with Gasteiger partial charge in [-0.05, 0) is 73.4 Å².